The third-order valence-corrected chi connectivity index (χ3v) is 7.14. The summed E-state index contributed by atoms with van der Waals surface area (Å²) in [6, 6.07) is 35.1. The Morgan fingerprint density at radius 2 is 1.31 bits per heavy atom. The molecule has 0 atom stereocenters. The van der Waals surface area contributed by atoms with Gasteiger partial charge in [-0.3, -0.25) is 14.5 Å². The lowest BCUT2D eigenvalue weighted by Crippen LogP contribution is -2.50. The average Bonchev–Trinajstić information content (AvgIpc) is 2.98. The first-order valence-electron chi connectivity index (χ1n) is 13.0. The zero-order chi connectivity index (χ0) is 27.0. The summed E-state index contributed by atoms with van der Waals surface area (Å²) in [4.78, 5) is 30.5. The topological polar surface area (TPSA) is 61.9 Å². The summed E-state index contributed by atoms with van der Waals surface area (Å²) in [6.45, 7) is 2.44. The maximum Gasteiger partial charge on any atom is 0.262 e. The van der Waals surface area contributed by atoms with E-state index in [1.165, 1.54) is 11.1 Å². The number of halogens is 1. The maximum absolute atomic E-state index is 13.5. The summed E-state index contributed by atoms with van der Waals surface area (Å²) in [5, 5.41) is 3.26. The van der Waals surface area contributed by atoms with E-state index in [4.69, 9.17) is 16.3 Å². The van der Waals surface area contributed by atoms with Crippen LogP contribution in [0.15, 0.2) is 109 Å². The van der Waals surface area contributed by atoms with Crippen molar-refractivity contribution in [3.63, 3.8) is 0 Å². The monoisotopic (exact) mass is 539 g/mol. The number of piperazine rings is 1. The van der Waals surface area contributed by atoms with Crippen molar-refractivity contribution in [3.8, 4) is 5.75 Å². The number of hydrogen-bond acceptors (Lipinski definition) is 4. The fourth-order valence-corrected chi connectivity index (χ4v) is 5.10. The Bertz CT molecular complexity index is 1370. The number of para-hydroxylation sites is 2. The van der Waals surface area contributed by atoms with E-state index in [1.54, 1.807) is 48.5 Å². The Balaban J connectivity index is 1.24. The SMILES string of the molecule is O=C(COc1ccccc1Cl)Nc1ccccc1C(=O)N1CCN(C(c2ccccc2)c2ccccc2)CC1. The van der Waals surface area contributed by atoms with E-state index < -0.39 is 0 Å². The largest absolute Gasteiger partial charge is 0.482 e. The highest BCUT2D eigenvalue weighted by atomic mass is 35.5. The van der Waals surface area contributed by atoms with Crippen molar-refractivity contribution in [2.75, 3.05) is 38.1 Å². The highest BCUT2D eigenvalue weighted by Crippen LogP contribution is 2.30. The van der Waals surface area contributed by atoms with Crippen molar-refractivity contribution in [1.29, 1.82) is 0 Å². The van der Waals surface area contributed by atoms with Crippen LogP contribution in [-0.2, 0) is 4.79 Å². The molecular formula is C32H30ClN3O3. The molecule has 4 aromatic rings. The first kappa shape index (κ1) is 26.5. The van der Waals surface area contributed by atoms with Crippen molar-refractivity contribution in [3.05, 3.63) is 131 Å². The predicted molar refractivity (Wildman–Crippen MR) is 154 cm³/mol. The van der Waals surface area contributed by atoms with Gasteiger partial charge < -0.3 is 15.0 Å². The minimum Gasteiger partial charge on any atom is -0.482 e. The molecule has 1 heterocycles. The molecule has 1 fully saturated rings. The second kappa shape index (κ2) is 12.6. The molecule has 1 aliphatic heterocycles. The summed E-state index contributed by atoms with van der Waals surface area (Å²) >= 11 is 6.11. The number of amides is 2. The molecule has 198 valence electrons. The molecule has 5 rings (SSSR count). The Kier molecular flexibility index (Phi) is 8.56. The fraction of sp³-hybridized carbons (Fsp3) is 0.188. The Morgan fingerprint density at radius 3 is 1.95 bits per heavy atom. The number of carbonyl (C=O) groups excluding carboxylic acids is 2. The van der Waals surface area contributed by atoms with Crippen LogP contribution in [0.3, 0.4) is 0 Å². The average molecular weight is 540 g/mol. The molecule has 2 amide bonds. The molecule has 4 aromatic carbocycles. The number of carbonyl (C=O) groups is 2. The van der Waals surface area contributed by atoms with Gasteiger partial charge in [0.05, 0.1) is 22.3 Å². The van der Waals surface area contributed by atoms with Gasteiger partial charge in [-0.05, 0) is 35.4 Å². The second-order valence-corrected chi connectivity index (χ2v) is 9.77. The van der Waals surface area contributed by atoms with Gasteiger partial charge in [0.1, 0.15) is 5.75 Å². The second-order valence-electron chi connectivity index (χ2n) is 9.36. The number of nitrogens with zero attached hydrogens (tertiary/aromatic N) is 2. The Labute approximate surface area is 233 Å². The summed E-state index contributed by atoms with van der Waals surface area (Å²) < 4.78 is 5.55. The molecule has 0 aliphatic carbocycles. The molecule has 0 unspecified atom stereocenters. The highest BCUT2D eigenvalue weighted by molar-refractivity contribution is 6.32. The first-order chi connectivity index (χ1) is 19.1. The molecule has 39 heavy (non-hydrogen) atoms. The van der Waals surface area contributed by atoms with Gasteiger partial charge in [-0.2, -0.15) is 0 Å². The lowest BCUT2D eigenvalue weighted by Gasteiger charge is -2.40. The number of hydrogen-bond donors (Lipinski definition) is 1. The van der Waals surface area contributed by atoms with E-state index in [2.05, 4.69) is 58.7 Å². The van der Waals surface area contributed by atoms with Gasteiger partial charge in [0, 0.05) is 26.2 Å². The molecule has 0 radical (unpaired) electrons. The zero-order valence-electron chi connectivity index (χ0n) is 21.5. The van der Waals surface area contributed by atoms with Crippen molar-refractivity contribution in [2.45, 2.75) is 6.04 Å². The van der Waals surface area contributed by atoms with E-state index in [0.29, 0.717) is 35.1 Å². The van der Waals surface area contributed by atoms with Crippen molar-refractivity contribution < 1.29 is 14.3 Å². The van der Waals surface area contributed by atoms with Crippen LogP contribution < -0.4 is 10.1 Å². The van der Waals surface area contributed by atoms with Crippen LogP contribution in [0.1, 0.15) is 27.5 Å². The van der Waals surface area contributed by atoms with Gasteiger partial charge in [0.2, 0.25) is 0 Å². The first-order valence-corrected chi connectivity index (χ1v) is 13.4. The maximum atomic E-state index is 13.5. The number of benzene rings is 4. The smallest absolute Gasteiger partial charge is 0.262 e. The zero-order valence-corrected chi connectivity index (χ0v) is 22.3. The quantitative estimate of drug-likeness (QED) is 0.302. The number of nitrogens with one attached hydrogen (secondary N) is 1. The van der Waals surface area contributed by atoms with Crippen molar-refractivity contribution in [1.82, 2.24) is 9.80 Å². The molecule has 1 saturated heterocycles. The van der Waals surface area contributed by atoms with E-state index in [0.717, 1.165) is 13.1 Å². The summed E-state index contributed by atoms with van der Waals surface area (Å²) in [7, 11) is 0. The van der Waals surface area contributed by atoms with Gasteiger partial charge in [0.25, 0.3) is 11.8 Å². The Morgan fingerprint density at radius 1 is 0.744 bits per heavy atom. The number of ether oxygens (including phenoxy) is 1. The van der Waals surface area contributed by atoms with Crippen LogP contribution in [0, 0.1) is 0 Å². The van der Waals surface area contributed by atoms with E-state index in [-0.39, 0.29) is 24.5 Å². The van der Waals surface area contributed by atoms with Gasteiger partial charge >= 0.3 is 0 Å². The molecule has 1 N–H and O–H groups in total. The molecule has 0 bridgehead atoms. The molecule has 1 aliphatic rings. The third-order valence-electron chi connectivity index (χ3n) is 6.82. The van der Waals surface area contributed by atoms with E-state index in [1.807, 2.05) is 17.0 Å². The predicted octanol–water partition coefficient (Wildman–Crippen LogP) is 5.90. The molecule has 0 aromatic heterocycles. The fourth-order valence-electron chi connectivity index (χ4n) is 4.91. The summed E-state index contributed by atoms with van der Waals surface area (Å²) in [5.41, 5.74) is 3.38. The van der Waals surface area contributed by atoms with Crippen LogP contribution in [-0.4, -0.2) is 54.4 Å². The third kappa shape index (κ3) is 6.48. The van der Waals surface area contributed by atoms with Crippen LogP contribution >= 0.6 is 11.6 Å². The lowest BCUT2D eigenvalue weighted by molar-refractivity contribution is -0.118. The molecule has 0 saturated carbocycles. The van der Waals surface area contributed by atoms with Gasteiger partial charge in [0.15, 0.2) is 6.61 Å². The molecule has 7 heteroatoms. The minimum atomic E-state index is -0.367. The normalized spacial score (nSPS) is 13.7. The molecule has 0 spiro atoms. The van der Waals surface area contributed by atoms with Gasteiger partial charge in [-0.25, -0.2) is 0 Å². The Hall–Kier alpha value is -4.13. The number of rotatable bonds is 8. The molecule has 6 nitrogen and oxygen atoms in total. The standard InChI is InChI=1S/C32H30ClN3O3/c33-27-16-8-10-18-29(27)39-23-30(37)34-28-17-9-7-15-26(28)32(38)36-21-19-35(20-22-36)31(24-11-3-1-4-12-24)25-13-5-2-6-14-25/h1-18,31H,19-23H2,(H,34,37). The summed E-state index contributed by atoms with van der Waals surface area (Å²) in [5.74, 6) is -0.0389. The van der Waals surface area contributed by atoms with Gasteiger partial charge in [-0.15, -0.1) is 0 Å². The van der Waals surface area contributed by atoms with E-state index >= 15 is 0 Å². The van der Waals surface area contributed by atoms with Crippen LogP contribution in [0.2, 0.25) is 5.02 Å². The minimum absolute atomic E-state index is 0.103. The summed E-state index contributed by atoms with van der Waals surface area (Å²) in [6.07, 6.45) is 0. The molecular weight excluding hydrogens is 510 g/mol. The van der Waals surface area contributed by atoms with Gasteiger partial charge in [-0.1, -0.05) is 96.5 Å². The van der Waals surface area contributed by atoms with Crippen LogP contribution in [0.25, 0.3) is 0 Å². The van der Waals surface area contributed by atoms with Crippen molar-refractivity contribution >= 4 is 29.1 Å². The van der Waals surface area contributed by atoms with Crippen LogP contribution in [0.5, 0.6) is 5.75 Å². The van der Waals surface area contributed by atoms with E-state index in [9.17, 15) is 9.59 Å². The van der Waals surface area contributed by atoms with Crippen LogP contribution in [0.4, 0.5) is 5.69 Å². The highest BCUT2D eigenvalue weighted by Gasteiger charge is 2.29. The van der Waals surface area contributed by atoms with Crippen molar-refractivity contribution in [2.24, 2.45) is 0 Å². The number of anilines is 1. The lowest BCUT2D eigenvalue weighted by atomic mass is 9.96.